The van der Waals surface area contributed by atoms with E-state index >= 15 is 0 Å². The van der Waals surface area contributed by atoms with Crippen LogP contribution in [0.5, 0.6) is 5.75 Å². The number of benzene rings is 2. The molecular formula is C25H24N4O3. The van der Waals surface area contributed by atoms with Gasteiger partial charge in [-0.05, 0) is 68.0 Å². The highest BCUT2D eigenvalue weighted by Gasteiger charge is 2.15. The van der Waals surface area contributed by atoms with E-state index in [9.17, 15) is 14.9 Å². The van der Waals surface area contributed by atoms with Gasteiger partial charge in [0.05, 0.1) is 12.8 Å². The van der Waals surface area contributed by atoms with Crippen molar-refractivity contribution >= 4 is 29.3 Å². The van der Waals surface area contributed by atoms with Crippen molar-refractivity contribution in [2.24, 2.45) is 0 Å². The maximum atomic E-state index is 12.7. The number of anilines is 2. The van der Waals surface area contributed by atoms with Crippen molar-refractivity contribution in [1.82, 2.24) is 4.57 Å². The van der Waals surface area contributed by atoms with Gasteiger partial charge in [0.25, 0.3) is 5.91 Å². The molecule has 0 aliphatic heterocycles. The van der Waals surface area contributed by atoms with Crippen molar-refractivity contribution in [1.29, 1.82) is 5.26 Å². The normalized spacial score (nSPS) is 10.9. The van der Waals surface area contributed by atoms with Crippen molar-refractivity contribution in [3.63, 3.8) is 0 Å². The summed E-state index contributed by atoms with van der Waals surface area (Å²) in [6.07, 6.45) is 1.58. The molecule has 1 heterocycles. The lowest BCUT2D eigenvalue weighted by Crippen LogP contribution is -2.14. The van der Waals surface area contributed by atoms with Crippen LogP contribution < -0.4 is 15.4 Å². The van der Waals surface area contributed by atoms with E-state index < -0.39 is 5.91 Å². The standard InChI is InChI=1S/C25H24N4O3/c1-16-13-19(17(2)29(16)22-11-9-21(10-12-22)27-18(3)30)14-20(15-26)25(31)28-23-7-5-6-8-24(23)32-4/h5-14H,1-4H3,(H,27,30)(H,28,31). The van der Waals surface area contributed by atoms with Gasteiger partial charge in [-0.15, -0.1) is 0 Å². The van der Waals surface area contributed by atoms with Crippen molar-refractivity contribution in [2.75, 3.05) is 17.7 Å². The summed E-state index contributed by atoms with van der Waals surface area (Å²) in [4.78, 5) is 23.9. The van der Waals surface area contributed by atoms with Gasteiger partial charge in [-0.25, -0.2) is 0 Å². The summed E-state index contributed by atoms with van der Waals surface area (Å²) >= 11 is 0. The molecule has 2 aromatic carbocycles. The molecule has 0 unspecified atom stereocenters. The Morgan fingerprint density at radius 1 is 1.06 bits per heavy atom. The first kappa shape index (κ1) is 22.4. The molecule has 162 valence electrons. The van der Waals surface area contributed by atoms with Crippen LogP contribution in [0.15, 0.2) is 60.2 Å². The number of amides is 2. The van der Waals surface area contributed by atoms with Crippen molar-refractivity contribution in [2.45, 2.75) is 20.8 Å². The lowest BCUT2D eigenvalue weighted by atomic mass is 10.1. The minimum atomic E-state index is -0.513. The molecule has 3 rings (SSSR count). The Labute approximate surface area is 186 Å². The van der Waals surface area contributed by atoms with Gasteiger partial charge in [-0.3, -0.25) is 9.59 Å². The second-order valence-corrected chi connectivity index (χ2v) is 7.21. The Balaban J connectivity index is 1.90. The molecule has 32 heavy (non-hydrogen) atoms. The van der Waals surface area contributed by atoms with E-state index in [1.165, 1.54) is 14.0 Å². The first-order valence-corrected chi connectivity index (χ1v) is 9.97. The zero-order valence-electron chi connectivity index (χ0n) is 18.4. The molecule has 0 aliphatic rings. The number of rotatable bonds is 6. The minimum Gasteiger partial charge on any atom is -0.495 e. The lowest BCUT2D eigenvalue weighted by molar-refractivity contribution is -0.114. The summed E-state index contributed by atoms with van der Waals surface area (Å²) in [5, 5.41) is 15.1. The fourth-order valence-electron chi connectivity index (χ4n) is 3.47. The van der Waals surface area contributed by atoms with E-state index in [4.69, 9.17) is 4.74 Å². The second kappa shape index (κ2) is 9.67. The van der Waals surface area contributed by atoms with E-state index in [1.807, 2.05) is 54.8 Å². The van der Waals surface area contributed by atoms with Gasteiger partial charge in [-0.1, -0.05) is 12.1 Å². The van der Waals surface area contributed by atoms with E-state index in [0.29, 0.717) is 17.1 Å². The quantitative estimate of drug-likeness (QED) is 0.443. The van der Waals surface area contributed by atoms with Crippen LogP contribution in [-0.4, -0.2) is 23.5 Å². The third kappa shape index (κ3) is 4.87. The number of ether oxygens (including phenoxy) is 1. The van der Waals surface area contributed by atoms with E-state index in [0.717, 1.165) is 22.6 Å². The highest BCUT2D eigenvalue weighted by Crippen LogP contribution is 2.26. The average molecular weight is 428 g/mol. The van der Waals surface area contributed by atoms with E-state index in [2.05, 4.69) is 10.6 Å². The third-order valence-corrected chi connectivity index (χ3v) is 4.94. The number of methoxy groups -OCH3 is 1. The fraction of sp³-hybridized carbons (Fsp3) is 0.160. The largest absolute Gasteiger partial charge is 0.495 e. The van der Waals surface area contributed by atoms with Crippen molar-refractivity contribution in [3.8, 4) is 17.5 Å². The van der Waals surface area contributed by atoms with E-state index in [-0.39, 0.29) is 11.5 Å². The number of carbonyl (C=O) groups is 2. The van der Waals surface area contributed by atoms with Gasteiger partial charge in [-0.2, -0.15) is 5.26 Å². The number of nitriles is 1. The topological polar surface area (TPSA) is 96.2 Å². The second-order valence-electron chi connectivity index (χ2n) is 7.21. The number of carbonyl (C=O) groups excluding carboxylic acids is 2. The SMILES string of the molecule is COc1ccccc1NC(=O)C(C#N)=Cc1cc(C)n(-c2ccc(NC(C)=O)cc2)c1C. The maximum absolute atomic E-state index is 12.7. The number of nitrogens with one attached hydrogen (secondary N) is 2. The maximum Gasteiger partial charge on any atom is 0.266 e. The highest BCUT2D eigenvalue weighted by atomic mass is 16.5. The van der Waals surface area contributed by atoms with Crippen LogP contribution in [0.25, 0.3) is 11.8 Å². The van der Waals surface area contributed by atoms with Crippen molar-refractivity contribution in [3.05, 3.63) is 77.1 Å². The molecule has 0 bridgehead atoms. The van der Waals surface area contributed by atoms with Gasteiger partial charge in [0.15, 0.2) is 0 Å². The summed E-state index contributed by atoms with van der Waals surface area (Å²) in [6.45, 7) is 5.34. The molecule has 1 aromatic heterocycles. The predicted molar refractivity (Wildman–Crippen MR) is 125 cm³/mol. The molecular weight excluding hydrogens is 404 g/mol. The Morgan fingerprint density at radius 2 is 1.75 bits per heavy atom. The number of hydrogen-bond acceptors (Lipinski definition) is 4. The van der Waals surface area contributed by atoms with Gasteiger partial charge in [0.1, 0.15) is 17.4 Å². The molecule has 0 atom stereocenters. The molecule has 2 amide bonds. The van der Waals surface area contributed by atoms with E-state index in [1.54, 1.807) is 30.3 Å². The predicted octanol–water partition coefficient (Wildman–Crippen LogP) is 4.61. The zero-order chi connectivity index (χ0) is 23.3. The molecule has 7 heteroatoms. The third-order valence-electron chi connectivity index (χ3n) is 4.94. The molecule has 0 saturated carbocycles. The minimum absolute atomic E-state index is 0.0165. The molecule has 7 nitrogen and oxygen atoms in total. The first-order valence-electron chi connectivity index (χ1n) is 9.97. The molecule has 0 fully saturated rings. The summed E-state index contributed by atoms with van der Waals surface area (Å²) < 4.78 is 7.28. The Kier molecular flexibility index (Phi) is 6.76. The van der Waals surface area contributed by atoms with Crippen LogP contribution in [0.2, 0.25) is 0 Å². The number of hydrogen-bond donors (Lipinski definition) is 2. The molecule has 0 aliphatic carbocycles. The highest BCUT2D eigenvalue weighted by molar-refractivity contribution is 6.10. The molecule has 2 N–H and O–H groups in total. The van der Waals surface area contributed by atoms with Gasteiger partial charge < -0.3 is 19.9 Å². The Morgan fingerprint density at radius 3 is 2.38 bits per heavy atom. The van der Waals surface area contributed by atoms with Crippen LogP contribution >= 0.6 is 0 Å². The van der Waals surface area contributed by atoms with Gasteiger partial charge in [0, 0.05) is 29.7 Å². The summed E-state index contributed by atoms with van der Waals surface area (Å²) in [6, 6.07) is 18.4. The number of nitrogens with zero attached hydrogens (tertiary/aromatic N) is 2. The Bertz CT molecular complexity index is 1230. The van der Waals surface area contributed by atoms with Crippen molar-refractivity contribution < 1.29 is 14.3 Å². The first-order chi connectivity index (χ1) is 15.3. The summed E-state index contributed by atoms with van der Waals surface area (Å²) in [5.41, 5.74) is 4.69. The molecule has 0 saturated heterocycles. The monoisotopic (exact) mass is 428 g/mol. The molecule has 3 aromatic rings. The fourth-order valence-corrected chi connectivity index (χ4v) is 3.47. The number of aromatic nitrogens is 1. The average Bonchev–Trinajstić information content (AvgIpc) is 3.05. The summed E-state index contributed by atoms with van der Waals surface area (Å²) in [7, 11) is 1.52. The van der Waals surface area contributed by atoms with Gasteiger partial charge >= 0.3 is 0 Å². The number of aryl methyl sites for hydroxylation is 1. The lowest BCUT2D eigenvalue weighted by Gasteiger charge is -2.11. The van der Waals surface area contributed by atoms with Crippen LogP contribution in [0.4, 0.5) is 11.4 Å². The van der Waals surface area contributed by atoms with Gasteiger partial charge in [0.2, 0.25) is 5.91 Å². The smallest absolute Gasteiger partial charge is 0.266 e. The van der Waals surface area contributed by atoms with Crippen LogP contribution in [0, 0.1) is 25.2 Å². The molecule has 0 radical (unpaired) electrons. The van der Waals surface area contributed by atoms with Crippen LogP contribution in [0.1, 0.15) is 23.9 Å². The van der Waals surface area contributed by atoms with Crippen LogP contribution in [-0.2, 0) is 9.59 Å². The summed E-state index contributed by atoms with van der Waals surface area (Å²) in [5.74, 6) is -0.130. The number of para-hydroxylation sites is 2. The van der Waals surface area contributed by atoms with Crippen LogP contribution in [0.3, 0.4) is 0 Å². The molecule has 0 spiro atoms. The zero-order valence-corrected chi connectivity index (χ0v) is 18.4. The Hall–Kier alpha value is -4.31.